The van der Waals surface area contributed by atoms with Gasteiger partial charge in [-0.2, -0.15) is 0 Å². The molecular weight excluding hydrogens is 200 g/mol. The smallest absolute Gasteiger partial charge is 0.0215 e. The molecule has 0 saturated carbocycles. The molecule has 11 heavy (non-hydrogen) atoms. The molecule has 0 unspecified atom stereocenters. The Morgan fingerprint density at radius 3 is 2.91 bits per heavy atom. The number of hydrogen-bond acceptors (Lipinski definition) is 0. The molecule has 1 heteroatoms. The summed E-state index contributed by atoms with van der Waals surface area (Å²) in [7, 11) is 0. The number of allylic oxidation sites excluding steroid dienone is 1. The molecule has 0 aromatic heterocycles. The van der Waals surface area contributed by atoms with Crippen LogP contribution in [-0.4, -0.2) is 5.33 Å². The Labute approximate surface area is 76.1 Å². The van der Waals surface area contributed by atoms with Crippen LogP contribution in [0.25, 0.3) is 6.08 Å². The van der Waals surface area contributed by atoms with Crippen LogP contribution in [0.5, 0.6) is 0 Å². The summed E-state index contributed by atoms with van der Waals surface area (Å²) in [5.74, 6) is 0. The summed E-state index contributed by atoms with van der Waals surface area (Å²) in [4.78, 5) is 0. The van der Waals surface area contributed by atoms with Crippen LogP contribution in [0.3, 0.4) is 0 Å². The number of halogens is 1. The first-order chi connectivity index (χ1) is 5.33. The Morgan fingerprint density at radius 1 is 1.45 bits per heavy atom. The molecule has 0 radical (unpaired) electrons. The van der Waals surface area contributed by atoms with Gasteiger partial charge in [-0.15, -0.1) is 0 Å². The number of aryl methyl sites for hydroxylation is 1. The highest BCUT2D eigenvalue weighted by molar-refractivity contribution is 9.09. The van der Waals surface area contributed by atoms with Crippen LogP contribution >= 0.6 is 15.9 Å². The summed E-state index contributed by atoms with van der Waals surface area (Å²) in [5.41, 5.74) is 2.58. The van der Waals surface area contributed by atoms with E-state index in [0.717, 1.165) is 5.33 Å². The molecule has 0 aliphatic heterocycles. The topological polar surface area (TPSA) is 0 Å². The van der Waals surface area contributed by atoms with Crippen LogP contribution < -0.4 is 0 Å². The van der Waals surface area contributed by atoms with Crippen LogP contribution in [0.2, 0.25) is 0 Å². The van der Waals surface area contributed by atoms with Gasteiger partial charge in [-0.1, -0.05) is 57.9 Å². The van der Waals surface area contributed by atoms with E-state index in [-0.39, 0.29) is 0 Å². The van der Waals surface area contributed by atoms with Crippen LogP contribution in [0.15, 0.2) is 30.3 Å². The van der Waals surface area contributed by atoms with Crippen molar-refractivity contribution in [1.82, 2.24) is 0 Å². The van der Waals surface area contributed by atoms with Crippen molar-refractivity contribution in [2.24, 2.45) is 0 Å². The van der Waals surface area contributed by atoms with Gasteiger partial charge in [0.05, 0.1) is 0 Å². The lowest BCUT2D eigenvalue weighted by Crippen LogP contribution is -1.74. The molecule has 58 valence electrons. The van der Waals surface area contributed by atoms with Crippen molar-refractivity contribution in [3.63, 3.8) is 0 Å². The molecule has 0 heterocycles. The third-order valence-electron chi connectivity index (χ3n) is 1.44. The molecule has 0 N–H and O–H groups in total. The van der Waals surface area contributed by atoms with E-state index in [4.69, 9.17) is 0 Å². The van der Waals surface area contributed by atoms with Crippen molar-refractivity contribution in [2.75, 3.05) is 5.33 Å². The normalized spacial score (nSPS) is 10.7. The summed E-state index contributed by atoms with van der Waals surface area (Å²) in [6, 6.07) is 8.44. The first-order valence-corrected chi connectivity index (χ1v) is 4.74. The van der Waals surface area contributed by atoms with E-state index in [0.29, 0.717) is 0 Å². The number of rotatable bonds is 2. The highest BCUT2D eigenvalue weighted by Gasteiger charge is 1.85. The minimum absolute atomic E-state index is 0.918. The average molecular weight is 211 g/mol. The third-order valence-corrected chi connectivity index (χ3v) is 1.82. The van der Waals surface area contributed by atoms with Gasteiger partial charge in [0, 0.05) is 5.33 Å². The van der Waals surface area contributed by atoms with E-state index < -0.39 is 0 Å². The molecule has 0 bridgehead atoms. The van der Waals surface area contributed by atoms with Gasteiger partial charge >= 0.3 is 0 Å². The lowest BCUT2D eigenvalue weighted by Gasteiger charge is -1.93. The third kappa shape index (κ3) is 2.89. The van der Waals surface area contributed by atoms with E-state index >= 15 is 0 Å². The maximum atomic E-state index is 3.34. The second kappa shape index (κ2) is 4.35. The van der Waals surface area contributed by atoms with Gasteiger partial charge in [-0.25, -0.2) is 0 Å². The molecule has 0 atom stereocenters. The number of benzene rings is 1. The van der Waals surface area contributed by atoms with Crippen LogP contribution in [0, 0.1) is 6.92 Å². The van der Waals surface area contributed by atoms with Crippen LogP contribution in [0.4, 0.5) is 0 Å². The zero-order valence-electron chi connectivity index (χ0n) is 6.55. The minimum Gasteiger partial charge on any atom is -0.0883 e. The van der Waals surface area contributed by atoms with E-state index in [2.05, 4.69) is 59.3 Å². The fraction of sp³-hybridized carbons (Fsp3) is 0.200. The lowest BCUT2D eigenvalue weighted by molar-refractivity contribution is 1.46. The zero-order chi connectivity index (χ0) is 8.10. The first kappa shape index (κ1) is 8.54. The van der Waals surface area contributed by atoms with E-state index in [1.54, 1.807) is 0 Å². The van der Waals surface area contributed by atoms with Gasteiger partial charge < -0.3 is 0 Å². The Hall–Kier alpha value is -0.560. The fourth-order valence-corrected chi connectivity index (χ4v) is 1.14. The Morgan fingerprint density at radius 2 is 2.27 bits per heavy atom. The molecule has 0 aliphatic carbocycles. The van der Waals surface area contributed by atoms with Crippen molar-refractivity contribution >= 4 is 22.0 Å². The monoisotopic (exact) mass is 210 g/mol. The van der Waals surface area contributed by atoms with Gasteiger partial charge in [0.2, 0.25) is 0 Å². The largest absolute Gasteiger partial charge is 0.0883 e. The summed E-state index contributed by atoms with van der Waals surface area (Å²) < 4.78 is 0. The molecular formula is C10H11Br. The van der Waals surface area contributed by atoms with Crippen LogP contribution in [-0.2, 0) is 0 Å². The molecule has 0 nitrogen and oxygen atoms in total. The summed E-state index contributed by atoms with van der Waals surface area (Å²) in [6.45, 7) is 2.10. The molecule has 0 amide bonds. The Kier molecular flexibility index (Phi) is 3.37. The lowest BCUT2D eigenvalue weighted by atomic mass is 10.1. The zero-order valence-corrected chi connectivity index (χ0v) is 8.14. The van der Waals surface area contributed by atoms with E-state index in [1.807, 2.05) is 0 Å². The van der Waals surface area contributed by atoms with Crippen molar-refractivity contribution in [3.8, 4) is 0 Å². The second-order valence-electron chi connectivity index (χ2n) is 2.47. The van der Waals surface area contributed by atoms with Crippen LogP contribution in [0.1, 0.15) is 11.1 Å². The van der Waals surface area contributed by atoms with Crippen molar-refractivity contribution in [2.45, 2.75) is 6.92 Å². The molecule has 0 saturated heterocycles. The standard InChI is InChI=1S/C10H11Br/c1-9-4-2-5-10(8-9)6-3-7-11/h2-6,8H,7H2,1H3/b6-3+. The first-order valence-electron chi connectivity index (χ1n) is 3.62. The average Bonchev–Trinajstić information content (AvgIpc) is 2.01. The fourth-order valence-electron chi connectivity index (χ4n) is 0.954. The predicted octanol–water partition coefficient (Wildman–Crippen LogP) is 3.40. The van der Waals surface area contributed by atoms with Crippen molar-refractivity contribution < 1.29 is 0 Å². The number of hydrogen-bond donors (Lipinski definition) is 0. The van der Waals surface area contributed by atoms with E-state index in [9.17, 15) is 0 Å². The minimum atomic E-state index is 0.918. The van der Waals surface area contributed by atoms with Gasteiger partial charge in [0.15, 0.2) is 0 Å². The van der Waals surface area contributed by atoms with Gasteiger partial charge in [0.1, 0.15) is 0 Å². The summed E-state index contributed by atoms with van der Waals surface area (Å²) in [5, 5.41) is 0.918. The van der Waals surface area contributed by atoms with Gasteiger partial charge in [-0.05, 0) is 12.5 Å². The maximum Gasteiger partial charge on any atom is 0.0215 e. The molecule has 1 rings (SSSR count). The van der Waals surface area contributed by atoms with Gasteiger partial charge in [-0.3, -0.25) is 0 Å². The maximum absolute atomic E-state index is 3.34. The molecule has 1 aromatic carbocycles. The molecule has 0 fully saturated rings. The Bertz CT molecular complexity index is 251. The van der Waals surface area contributed by atoms with E-state index in [1.165, 1.54) is 11.1 Å². The summed E-state index contributed by atoms with van der Waals surface area (Å²) >= 11 is 3.34. The van der Waals surface area contributed by atoms with Crippen molar-refractivity contribution in [3.05, 3.63) is 41.5 Å². The molecule has 0 aliphatic rings. The quantitative estimate of drug-likeness (QED) is 0.657. The molecule has 0 spiro atoms. The molecule has 1 aromatic rings. The SMILES string of the molecule is Cc1cccc(/C=C/CBr)c1. The highest BCUT2D eigenvalue weighted by atomic mass is 79.9. The van der Waals surface area contributed by atoms with Crippen molar-refractivity contribution in [1.29, 1.82) is 0 Å². The number of alkyl halides is 1. The van der Waals surface area contributed by atoms with Gasteiger partial charge in [0.25, 0.3) is 0 Å². The second-order valence-corrected chi connectivity index (χ2v) is 3.12. The highest BCUT2D eigenvalue weighted by Crippen LogP contribution is 2.05. The predicted molar refractivity (Wildman–Crippen MR) is 54.0 cm³/mol. The Balaban J connectivity index is 2.79. The summed E-state index contributed by atoms with van der Waals surface area (Å²) in [6.07, 6.45) is 4.20.